The van der Waals surface area contributed by atoms with E-state index in [0.29, 0.717) is 6.54 Å². The molecule has 1 aliphatic rings. The Bertz CT molecular complexity index is 1010. The van der Waals surface area contributed by atoms with E-state index in [1.54, 1.807) is 4.90 Å². The first-order valence-electron chi connectivity index (χ1n) is 8.48. The lowest BCUT2D eigenvalue weighted by Crippen LogP contribution is -2.32. The Kier molecular flexibility index (Phi) is 3.91. The van der Waals surface area contributed by atoms with Crippen LogP contribution >= 0.6 is 0 Å². The van der Waals surface area contributed by atoms with E-state index in [0.717, 1.165) is 29.7 Å². The van der Waals surface area contributed by atoms with E-state index >= 15 is 0 Å². The number of carbonyl (C=O) groups is 2. The second kappa shape index (κ2) is 6.25. The summed E-state index contributed by atoms with van der Waals surface area (Å²) < 4.78 is 2.02. The molecule has 7 heteroatoms. The molecule has 1 atom stereocenters. The Labute approximate surface area is 149 Å². The minimum Gasteiger partial charge on any atom is -0.478 e. The Balaban J connectivity index is 1.70. The molecule has 4 rings (SSSR count). The topological polar surface area (TPSA) is 88.3 Å². The van der Waals surface area contributed by atoms with Crippen molar-refractivity contribution >= 4 is 22.9 Å². The third-order valence-electron chi connectivity index (χ3n) is 4.86. The van der Waals surface area contributed by atoms with Crippen molar-refractivity contribution in [3.05, 3.63) is 59.7 Å². The molecule has 0 bridgehead atoms. The molecule has 1 N–H and O–H groups in total. The van der Waals surface area contributed by atoms with Crippen molar-refractivity contribution < 1.29 is 14.7 Å². The molecule has 0 spiro atoms. The molecule has 3 aromatic rings. The van der Waals surface area contributed by atoms with Gasteiger partial charge in [0.1, 0.15) is 11.5 Å². The van der Waals surface area contributed by atoms with Gasteiger partial charge in [0.2, 0.25) is 0 Å². The number of hydrogen-bond acceptors (Lipinski definition) is 4. The number of hydrogen-bond donors (Lipinski definition) is 1. The van der Waals surface area contributed by atoms with Gasteiger partial charge in [0.25, 0.3) is 5.91 Å². The van der Waals surface area contributed by atoms with Crippen LogP contribution in [0.5, 0.6) is 0 Å². The summed E-state index contributed by atoms with van der Waals surface area (Å²) in [5.74, 6) is -0.496. The number of carbonyl (C=O) groups excluding carboxylic acids is 1. The third kappa shape index (κ3) is 2.61. The van der Waals surface area contributed by atoms with Gasteiger partial charge in [-0.05, 0) is 37.1 Å². The SMILES string of the molecule is Cn1c(C2CCCN2C(=O)c2cc(C(=O)O)ccn2)nc2ccccc21. The second-order valence-electron chi connectivity index (χ2n) is 6.41. The molecule has 0 aliphatic carbocycles. The number of carboxylic acid groups (broad SMARTS) is 1. The monoisotopic (exact) mass is 350 g/mol. The summed E-state index contributed by atoms with van der Waals surface area (Å²) in [5.41, 5.74) is 2.13. The number of carboxylic acids is 1. The van der Waals surface area contributed by atoms with E-state index in [9.17, 15) is 9.59 Å². The number of aromatic nitrogens is 3. The summed E-state index contributed by atoms with van der Waals surface area (Å²) in [6, 6.07) is 10.4. The van der Waals surface area contributed by atoms with E-state index in [1.807, 2.05) is 35.9 Å². The molecule has 1 aliphatic heterocycles. The Hall–Kier alpha value is -3.22. The van der Waals surface area contributed by atoms with Gasteiger partial charge in [0, 0.05) is 19.8 Å². The molecule has 1 fully saturated rings. The third-order valence-corrected chi connectivity index (χ3v) is 4.86. The van der Waals surface area contributed by atoms with Gasteiger partial charge >= 0.3 is 5.97 Å². The number of pyridine rings is 1. The summed E-state index contributed by atoms with van der Waals surface area (Å²) in [6.07, 6.45) is 3.05. The highest BCUT2D eigenvalue weighted by Gasteiger charge is 2.34. The van der Waals surface area contributed by atoms with Crippen LogP contribution in [-0.4, -0.2) is 43.0 Å². The summed E-state index contributed by atoms with van der Waals surface area (Å²) in [7, 11) is 1.95. The molecule has 7 nitrogen and oxygen atoms in total. The van der Waals surface area contributed by atoms with Crippen molar-refractivity contribution in [1.82, 2.24) is 19.4 Å². The summed E-state index contributed by atoms with van der Waals surface area (Å²) in [6.45, 7) is 0.603. The van der Waals surface area contributed by atoms with Crippen LogP contribution in [0.1, 0.15) is 45.6 Å². The first-order valence-corrected chi connectivity index (χ1v) is 8.48. The van der Waals surface area contributed by atoms with E-state index in [2.05, 4.69) is 4.98 Å². The van der Waals surface area contributed by atoms with Gasteiger partial charge in [-0.3, -0.25) is 9.78 Å². The maximum atomic E-state index is 13.0. The van der Waals surface area contributed by atoms with E-state index < -0.39 is 5.97 Å². The second-order valence-corrected chi connectivity index (χ2v) is 6.41. The van der Waals surface area contributed by atoms with E-state index in [4.69, 9.17) is 10.1 Å². The summed E-state index contributed by atoms with van der Waals surface area (Å²) in [5, 5.41) is 9.14. The molecule has 1 unspecified atom stereocenters. The number of benzene rings is 1. The molecule has 1 amide bonds. The zero-order valence-electron chi connectivity index (χ0n) is 14.3. The van der Waals surface area contributed by atoms with Gasteiger partial charge in [-0.15, -0.1) is 0 Å². The van der Waals surface area contributed by atoms with E-state index in [-0.39, 0.29) is 23.2 Å². The first kappa shape index (κ1) is 16.3. The average molecular weight is 350 g/mol. The lowest BCUT2D eigenvalue weighted by atomic mass is 10.2. The lowest BCUT2D eigenvalue weighted by molar-refractivity contribution is 0.0696. The molecule has 1 saturated heterocycles. The van der Waals surface area contributed by atoms with Crippen LogP contribution in [0.15, 0.2) is 42.6 Å². The Morgan fingerprint density at radius 2 is 2.04 bits per heavy atom. The zero-order valence-corrected chi connectivity index (χ0v) is 14.3. The number of likely N-dealkylation sites (tertiary alicyclic amines) is 1. The van der Waals surface area contributed by atoms with Crippen LogP contribution in [-0.2, 0) is 7.05 Å². The van der Waals surface area contributed by atoms with Crippen LogP contribution in [0, 0.1) is 0 Å². The standard InChI is InChI=1S/C19H18N4O3/c1-22-15-6-3-2-5-13(15)21-17(22)16-7-4-10-23(16)18(24)14-11-12(19(25)26)8-9-20-14/h2-3,5-6,8-9,11,16H,4,7,10H2,1H3,(H,25,26). The van der Waals surface area contributed by atoms with Gasteiger partial charge in [0.15, 0.2) is 0 Å². The van der Waals surface area contributed by atoms with E-state index in [1.165, 1.54) is 18.3 Å². The largest absolute Gasteiger partial charge is 0.478 e. The summed E-state index contributed by atoms with van der Waals surface area (Å²) in [4.78, 5) is 34.7. The predicted molar refractivity (Wildman–Crippen MR) is 94.9 cm³/mol. The molecular weight excluding hydrogens is 332 g/mol. The van der Waals surface area contributed by atoms with Gasteiger partial charge in [-0.1, -0.05) is 12.1 Å². The fourth-order valence-electron chi connectivity index (χ4n) is 3.57. The smallest absolute Gasteiger partial charge is 0.335 e. The van der Waals surface area contributed by atoms with Crippen molar-refractivity contribution in [3.63, 3.8) is 0 Å². The number of fused-ring (bicyclic) bond motifs is 1. The van der Waals surface area contributed by atoms with Crippen LogP contribution in [0.2, 0.25) is 0 Å². The van der Waals surface area contributed by atoms with Gasteiger partial charge < -0.3 is 14.6 Å². The normalized spacial score (nSPS) is 17.0. The highest BCUT2D eigenvalue weighted by atomic mass is 16.4. The number of nitrogens with zero attached hydrogens (tertiary/aromatic N) is 4. The van der Waals surface area contributed by atoms with Crippen molar-refractivity contribution in [2.24, 2.45) is 7.05 Å². The first-order chi connectivity index (χ1) is 12.6. The molecule has 0 radical (unpaired) electrons. The minimum atomic E-state index is -1.07. The van der Waals surface area contributed by atoms with Crippen molar-refractivity contribution in [2.45, 2.75) is 18.9 Å². The zero-order chi connectivity index (χ0) is 18.3. The van der Waals surface area contributed by atoms with Crippen LogP contribution < -0.4 is 0 Å². The number of aromatic carboxylic acids is 1. The number of amides is 1. The molecule has 132 valence electrons. The van der Waals surface area contributed by atoms with Crippen molar-refractivity contribution in [3.8, 4) is 0 Å². The van der Waals surface area contributed by atoms with Crippen LogP contribution in [0.3, 0.4) is 0 Å². The molecular formula is C19H18N4O3. The van der Waals surface area contributed by atoms with Crippen LogP contribution in [0.25, 0.3) is 11.0 Å². The molecule has 2 aromatic heterocycles. The Morgan fingerprint density at radius 1 is 1.23 bits per heavy atom. The Morgan fingerprint density at radius 3 is 2.81 bits per heavy atom. The molecule has 26 heavy (non-hydrogen) atoms. The van der Waals surface area contributed by atoms with Crippen molar-refractivity contribution in [2.75, 3.05) is 6.54 Å². The van der Waals surface area contributed by atoms with Crippen LogP contribution in [0.4, 0.5) is 0 Å². The molecule has 1 aromatic carbocycles. The lowest BCUT2D eigenvalue weighted by Gasteiger charge is -2.24. The number of rotatable bonds is 3. The average Bonchev–Trinajstić information content (AvgIpc) is 3.26. The maximum Gasteiger partial charge on any atom is 0.335 e. The summed E-state index contributed by atoms with van der Waals surface area (Å²) >= 11 is 0. The highest BCUT2D eigenvalue weighted by molar-refractivity contribution is 5.96. The quantitative estimate of drug-likeness (QED) is 0.784. The van der Waals surface area contributed by atoms with Gasteiger partial charge in [-0.25, -0.2) is 9.78 Å². The minimum absolute atomic E-state index is 0.0572. The molecule has 3 heterocycles. The van der Waals surface area contributed by atoms with Gasteiger partial charge in [-0.2, -0.15) is 0 Å². The fourth-order valence-corrected chi connectivity index (χ4v) is 3.57. The number of imidazole rings is 1. The van der Waals surface area contributed by atoms with Gasteiger partial charge in [0.05, 0.1) is 22.6 Å². The predicted octanol–water partition coefficient (Wildman–Crippen LogP) is 2.64. The fraction of sp³-hybridized carbons (Fsp3) is 0.263. The van der Waals surface area contributed by atoms with Crippen molar-refractivity contribution in [1.29, 1.82) is 0 Å². The maximum absolute atomic E-state index is 13.0. The number of aryl methyl sites for hydroxylation is 1. The number of para-hydroxylation sites is 2. The highest BCUT2D eigenvalue weighted by Crippen LogP contribution is 2.33. The molecule has 0 saturated carbocycles.